The van der Waals surface area contributed by atoms with E-state index < -0.39 is 0 Å². The Kier molecular flexibility index (Phi) is 3.14. The van der Waals surface area contributed by atoms with Gasteiger partial charge in [-0.3, -0.25) is 4.79 Å². The van der Waals surface area contributed by atoms with E-state index >= 15 is 0 Å². The van der Waals surface area contributed by atoms with Crippen molar-refractivity contribution in [3.8, 4) is 5.75 Å². The van der Waals surface area contributed by atoms with E-state index in [4.69, 9.17) is 5.11 Å². The Morgan fingerprint density at radius 2 is 2.00 bits per heavy atom. The van der Waals surface area contributed by atoms with E-state index in [0.717, 1.165) is 5.56 Å². The smallest absolute Gasteiger partial charge is 0.207 e. The maximum atomic E-state index is 9.87. The van der Waals surface area contributed by atoms with E-state index in [0.29, 0.717) is 12.8 Å². The van der Waals surface area contributed by atoms with Crippen molar-refractivity contribution in [2.75, 3.05) is 0 Å². The van der Waals surface area contributed by atoms with Crippen molar-refractivity contribution in [3.63, 3.8) is 0 Å². The van der Waals surface area contributed by atoms with E-state index in [9.17, 15) is 4.79 Å². The fourth-order valence-corrected chi connectivity index (χ4v) is 0.857. The second-order valence-electron chi connectivity index (χ2n) is 2.36. The van der Waals surface area contributed by atoms with Gasteiger partial charge in [-0.2, -0.15) is 0 Å². The number of benzene rings is 1. The van der Waals surface area contributed by atoms with Crippen LogP contribution in [0.3, 0.4) is 0 Å². The first kappa shape index (κ1) is 8.59. The maximum Gasteiger partial charge on any atom is 0.207 e. The van der Waals surface area contributed by atoms with Gasteiger partial charge in [0, 0.05) is 0 Å². The molecule has 3 nitrogen and oxygen atoms in total. The van der Waals surface area contributed by atoms with Crippen LogP contribution in [0.1, 0.15) is 5.56 Å². The summed E-state index contributed by atoms with van der Waals surface area (Å²) in [6.45, 7) is 1.65. The number of nitrogens with one attached hydrogen (secondary N) is 1. The van der Waals surface area contributed by atoms with Crippen LogP contribution < -0.4 is 5.32 Å². The molecule has 1 aromatic rings. The molecule has 0 aliphatic rings. The molecule has 0 aromatic heterocycles. The molecule has 1 amide bonds. The molecule has 3 heteroatoms. The second kappa shape index (κ2) is 4.38. The van der Waals surface area contributed by atoms with Crippen molar-refractivity contribution in [2.24, 2.45) is 0 Å². The highest BCUT2D eigenvalue weighted by Crippen LogP contribution is 2.09. The largest absolute Gasteiger partial charge is 0.508 e. The Morgan fingerprint density at radius 1 is 1.33 bits per heavy atom. The summed E-state index contributed by atoms with van der Waals surface area (Å²) in [6.07, 6.45) is 1.29. The van der Waals surface area contributed by atoms with Gasteiger partial charge in [-0.1, -0.05) is 12.1 Å². The van der Waals surface area contributed by atoms with Gasteiger partial charge in [0.05, 0.1) is 6.54 Å². The van der Waals surface area contributed by atoms with Crippen LogP contribution in [0.15, 0.2) is 24.3 Å². The van der Waals surface area contributed by atoms with Crippen LogP contribution in [0.2, 0.25) is 0 Å². The van der Waals surface area contributed by atoms with E-state index in [1.165, 1.54) is 0 Å². The molecule has 0 heterocycles. The lowest BCUT2D eigenvalue weighted by Crippen LogP contribution is -2.07. The lowest BCUT2D eigenvalue weighted by molar-refractivity contribution is -0.109. The van der Waals surface area contributed by atoms with Crippen LogP contribution in [0.4, 0.5) is 0 Å². The molecule has 0 saturated carbocycles. The monoisotopic (exact) mass is 164 g/mol. The summed E-state index contributed by atoms with van der Waals surface area (Å²) < 4.78 is 0. The minimum Gasteiger partial charge on any atom is -0.508 e. The molecule has 0 spiro atoms. The fourth-order valence-electron chi connectivity index (χ4n) is 0.857. The minimum absolute atomic E-state index is 0.252. The van der Waals surface area contributed by atoms with E-state index in [-0.39, 0.29) is 5.75 Å². The van der Waals surface area contributed by atoms with Gasteiger partial charge in [-0.25, -0.2) is 0 Å². The van der Waals surface area contributed by atoms with Gasteiger partial charge in [0.25, 0.3) is 0 Å². The number of phenolic OH excluding ortho intramolecular Hbond substituents is 1. The van der Waals surface area contributed by atoms with Crippen molar-refractivity contribution in [2.45, 2.75) is 6.42 Å². The maximum absolute atomic E-state index is 9.87. The van der Waals surface area contributed by atoms with Gasteiger partial charge in [-0.15, -0.1) is 0 Å². The summed E-state index contributed by atoms with van der Waals surface area (Å²) in [5.41, 5.74) is 1.04. The summed E-state index contributed by atoms with van der Waals surface area (Å²) in [7, 11) is 0. The number of hydrogen-bond donors (Lipinski definition) is 2. The number of aromatic hydroxyl groups is 1. The molecule has 63 valence electrons. The predicted octanol–water partition coefficient (Wildman–Crippen LogP) is 0.842. The molecule has 1 aromatic carbocycles. The Hall–Kier alpha value is -1.51. The van der Waals surface area contributed by atoms with Gasteiger partial charge >= 0.3 is 0 Å². The number of carbonyl (C=O) groups excluding carboxylic acids is 1. The van der Waals surface area contributed by atoms with Crippen molar-refractivity contribution >= 4 is 6.41 Å². The first-order valence-electron chi connectivity index (χ1n) is 3.62. The SMILES string of the molecule is O=CN[CH]Cc1ccc(O)cc1. The van der Waals surface area contributed by atoms with Crippen molar-refractivity contribution in [3.05, 3.63) is 36.4 Å². The molecule has 0 unspecified atom stereocenters. The predicted molar refractivity (Wildman–Crippen MR) is 45.3 cm³/mol. The first-order chi connectivity index (χ1) is 5.83. The minimum atomic E-state index is 0.252. The summed E-state index contributed by atoms with van der Waals surface area (Å²) in [5, 5.41) is 11.4. The number of rotatable bonds is 4. The summed E-state index contributed by atoms with van der Waals surface area (Å²) in [6, 6.07) is 6.84. The molecule has 1 rings (SSSR count). The zero-order valence-electron chi connectivity index (χ0n) is 6.53. The topological polar surface area (TPSA) is 49.3 Å². The van der Waals surface area contributed by atoms with Crippen LogP contribution in [0.5, 0.6) is 5.75 Å². The fraction of sp³-hybridized carbons (Fsp3) is 0.111. The second-order valence-corrected chi connectivity index (χ2v) is 2.36. The van der Waals surface area contributed by atoms with Crippen LogP contribution in [-0.2, 0) is 11.2 Å². The zero-order valence-corrected chi connectivity index (χ0v) is 6.53. The standard InChI is InChI=1S/C9H10NO2/c11-7-10-6-5-8-1-3-9(12)4-2-8/h1-4,6-7,12H,5H2,(H,10,11). The van der Waals surface area contributed by atoms with Gasteiger partial charge in [-0.05, 0) is 24.1 Å². The van der Waals surface area contributed by atoms with Crippen LogP contribution in [0.25, 0.3) is 0 Å². The summed E-state index contributed by atoms with van der Waals surface area (Å²) in [4.78, 5) is 9.87. The highest BCUT2D eigenvalue weighted by molar-refractivity contribution is 5.47. The highest BCUT2D eigenvalue weighted by Gasteiger charge is 1.92. The molecule has 12 heavy (non-hydrogen) atoms. The third-order valence-electron chi connectivity index (χ3n) is 1.46. The van der Waals surface area contributed by atoms with E-state index in [1.54, 1.807) is 30.8 Å². The molecule has 2 N–H and O–H groups in total. The number of phenols is 1. The zero-order chi connectivity index (χ0) is 8.81. The molecule has 0 aliphatic heterocycles. The Bertz CT molecular complexity index is 243. The number of hydrogen-bond acceptors (Lipinski definition) is 2. The molecular weight excluding hydrogens is 154 g/mol. The average Bonchev–Trinajstić information content (AvgIpc) is 2.09. The third kappa shape index (κ3) is 2.62. The van der Waals surface area contributed by atoms with Crippen LogP contribution >= 0.6 is 0 Å². The molecule has 0 saturated heterocycles. The Labute approximate surface area is 71.0 Å². The van der Waals surface area contributed by atoms with Gasteiger partial charge < -0.3 is 10.4 Å². The average molecular weight is 164 g/mol. The molecule has 1 radical (unpaired) electrons. The van der Waals surface area contributed by atoms with Gasteiger partial charge in [0.15, 0.2) is 0 Å². The van der Waals surface area contributed by atoms with Crippen LogP contribution in [0, 0.1) is 6.54 Å². The van der Waals surface area contributed by atoms with Crippen molar-refractivity contribution in [1.29, 1.82) is 0 Å². The van der Waals surface area contributed by atoms with Crippen molar-refractivity contribution < 1.29 is 9.90 Å². The van der Waals surface area contributed by atoms with E-state index in [1.807, 2.05) is 0 Å². The Morgan fingerprint density at radius 3 is 2.58 bits per heavy atom. The van der Waals surface area contributed by atoms with Gasteiger partial charge in [0.1, 0.15) is 5.75 Å². The normalized spacial score (nSPS) is 9.33. The lowest BCUT2D eigenvalue weighted by atomic mass is 10.1. The van der Waals surface area contributed by atoms with Crippen LogP contribution in [-0.4, -0.2) is 11.5 Å². The lowest BCUT2D eigenvalue weighted by Gasteiger charge is -1.99. The molecule has 0 aliphatic carbocycles. The number of carbonyl (C=O) groups is 1. The highest BCUT2D eigenvalue weighted by atomic mass is 16.3. The van der Waals surface area contributed by atoms with Crippen molar-refractivity contribution in [1.82, 2.24) is 5.32 Å². The molecule has 0 atom stereocenters. The Balaban J connectivity index is 2.42. The summed E-state index contributed by atoms with van der Waals surface area (Å²) in [5.74, 6) is 0.252. The quantitative estimate of drug-likeness (QED) is 0.511. The molecule has 0 fully saturated rings. The molecular formula is C9H10NO2. The molecule has 0 bridgehead atoms. The number of amides is 1. The van der Waals surface area contributed by atoms with E-state index in [2.05, 4.69) is 5.32 Å². The van der Waals surface area contributed by atoms with Gasteiger partial charge in [0.2, 0.25) is 6.41 Å². The third-order valence-corrected chi connectivity index (χ3v) is 1.46. The first-order valence-corrected chi connectivity index (χ1v) is 3.62. The summed E-state index contributed by atoms with van der Waals surface area (Å²) >= 11 is 0.